The fourth-order valence-electron chi connectivity index (χ4n) is 6.00. The van der Waals surface area contributed by atoms with Crippen LogP contribution < -0.4 is 4.90 Å². The Morgan fingerprint density at radius 1 is 0.872 bits per heavy atom. The third-order valence-electron chi connectivity index (χ3n) is 7.73. The Labute approximate surface area is 225 Å². The number of rotatable bonds is 5. The average molecular weight is 508 g/mol. The summed E-state index contributed by atoms with van der Waals surface area (Å²) < 4.78 is 2.32. The number of carbonyl (C=O) groups is 1. The molecule has 7 rings (SSSR count). The number of hydrogen-bond donors (Lipinski definition) is 2. The van der Waals surface area contributed by atoms with Gasteiger partial charge in [-0.05, 0) is 78.2 Å². The number of allylic oxidation sites excluding steroid dienone is 4. The molecule has 188 valence electrons. The van der Waals surface area contributed by atoms with Crippen LogP contribution in [0.25, 0.3) is 33.6 Å². The Morgan fingerprint density at radius 3 is 2.21 bits per heavy atom. The zero-order valence-electron chi connectivity index (χ0n) is 21.1. The molecule has 0 saturated carbocycles. The lowest BCUT2D eigenvalue weighted by Crippen LogP contribution is -2.14. The molecule has 0 radical (unpaired) electrons. The number of aliphatic carboxylic acids is 1. The SMILES string of the molecule is N=C/C(=C\c1ccc2c(c1)C1CC=CC=C1N2c1ccc(-n2c3ccccc3c3ccccc32)cc1)C(=O)O. The summed E-state index contributed by atoms with van der Waals surface area (Å²) in [4.78, 5) is 13.8. The summed E-state index contributed by atoms with van der Waals surface area (Å²) in [6, 6.07) is 31.8. The summed E-state index contributed by atoms with van der Waals surface area (Å²) in [7, 11) is 0. The van der Waals surface area contributed by atoms with Gasteiger partial charge in [-0.3, -0.25) is 0 Å². The fourth-order valence-corrected chi connectivity index (χ4v) is 6.00. The number of carboxylic acids is 1. The predicted octanol–water partition coefficient (Wildman–Crippen LogP) is 7.98. The van der Waals surface area contributed by atoms with Gasteiger partial charge in [0.1, 0.15) is 0 Å². The molecule has 0 amide bonds. The Bertz CT molecular complexity index is 1840. The van der Waals surface area contributed by atoms with Crippen molar-refractivity contribution in [1.82, 2.24) is 4.57 Å². The van der Waals surface area contributed by atoms with Crippen molar-refractivity contribution in [3.63, 3.8) is 0 Å². The molecule has 1 aliphatic carbocycles. The van der Waals surface area contributed by atoms with Crippen molar-refractivity contribution in [2.24, 2.45) is 0 Å². The fraction of sp³-hybridized carbons (Fsp3) is 0.0588. The van der Waals surface area contributed by atoms with E-state index in [0.717, 1.165) is 35.3 Å². The Hall–Kier alpha value is -5.16. The van der Waals surface area contributed by atoms with E-state index in [1.807, 2.05) is 6.07 Å². The number of benzene rings is 4. The van der Waals surface area contributed by atoms with Gasteiger partial charge < -0.3 is 20.0 Å². The summed E-state index contributed by atoms with van der Waals surface area (Å²) >= 11 is 0. The lowest BCUT2D eigenvalue weighted by molar-refractivity contribution is -0.131. The Kier molecular flexibility index (Phi) is 5.30. The van der Waals surface area contributed by atoms with Gasteiger partial charge in [-0.25, -0.2) is 4.79 Å². The summed E-state index contributed by atoms with van der Waals surface area (Å²) in [5.41, 5.74) is 8.79. The van der Waals surface area contributed by atoms with Gasteiger partial charge in [0.15, 0.2) is 0 Å². The molecule has 0 bridgehead atoms. The monoisotopic (exact) mass is 507 g/mol. The van der Waals surface area contributed by atoms with Crippen LogP contribution in [0.3, 0.4) is 0 Å². The van der Waals surface area contributed by atoms with E-state index < -0.39 is 5.97 Å². The quantitative estimate of drug-likeness (QED) is 0.187. The maximum atomic E-state index is 11.4. The zero-order valence-corrected chi connectivity index (χ0v) is 21.1. The first-order chi connectivity index (χ1) is 19.1. The summed E-state index contributed by atoms with van der Waals surface area (Å²) in [6.45, 7) is 0. The van der Waals surface area contributed by atoms with Gasteiger partial charge in [-0.2, -0.15) is 0 Å². The number of nitrogens with zero attached hydrogens (tertiary/aromatic N) is 2. The van der Waals surface area contributed by atoms with Crippen LogP contribution in [0.4, 0.5) is 11.4 Å². The van der Waals surface area contributed by atoms with E-state index in [0.29, 0.717) is 0 Å². The minimum absolute atomic E-state index is 0.0373. The number of hydrogen-bond acceptors (Lipinski definition) is 3. The maximum absolute atomic E-state index is 11.4. The van der Waals surface area contributed by atoms with E-state index in [2.05, 4.69) is 113 Å². The highest BCUT2D eigenvalue weighted by Crippen LogP contribution is 2.51. The molecule has 2 N–H and O–H groups in total. The second kappa shape index (κ2) is 8.99. The molecule has 1 aromatic heterocycles. The normalized spacial score (nSPS) is 16.3. The van der Waals surface area contributed by atoms with Crippen molar-refractivity contribution in [3.05, 3.63) is 132 Å². The van der Waals surface area contributed by atoms with Crippen LogP contribution in [0, 0.1) is 5.41 Å². The lowest BCUT2D eigenvalue weighted by Gasteiger charge is -2.25. The second-order valence-electron chi connectivity index (χ2n) is 9.90. The van der Waals surface area contributed by atoms with Crippen molar-refractivity contribution in [3.8, 4) is 5.69 Å². The molecular formula is C34H25N3O2. The van der Waals surface area contributed by atoms with Crippen molar-refractivity contribution in [2.75, 3.05) is 4.90 Å². The minimum Gasteiger partial charge on any atom is -0.478 e. The van der Waals surface area contributed by atoms with E-state index in [9.17, 15) is 9.90 Å². The molecule has 39 heavy (non-hydrogen) atoms. The van der Waals surface area contributed by atoms with Crippen molar-refractivity contribution >= 4 is 51.4 Å². The Morgan fingerprint density at radius 2 is 1.54 bits per heavy atom. The molecule has 0 saturated heterocycles. The molecular weight excluding hydrogens is 482 g/mol. The molecule has 0 spiro atoms. The number of para-hydroxylation sites is 2. The molecule has 5 nitrogen and oxygen atoms in total. The number of fused-ring (bicyclic) bond motifs is 6. The molecule has 2 aliphatic rings. The lowest BCUT2D eigenvalue weighted by atomic mass is 9.91. The summed E-state index contributed by atoms with van der Waals surface area (Å²) in [5.74, 6) is -0.903. The predicted molar refractivity (Wildman–Crippen MR) is 158 cm³/mol. The molecule has 0 fully saturated rings. The second-order valence-corrected chi connectivity index (χ2v) is 9.90. The van der Waals surface area contributed by atoms with E-state index in [1.54, 1.807) is 6.08 Å². The van der Waals surface area contributed by atoms with Crippen LogP contribution in [0.2, 0.25) is 0 Å². The molecule has 5 aromatic rings. The topological polar surface area (TPSA) is 69.3 Å². The highest BCUT2D eigenvalue weighted by atomic mass is 16.4. The smallest absolute Gasteiger partial charge is 0.337 e. The zero-order chi connectivity index (χ0) is 26.5. The van der Waals surface area contributed by atoms with Crippen LogP contribution >= 0.6 is 0 Å². The van der Waals surface area contributed by atoms with Crippen LogP contribution in [0.5, 0.6) is 0 Å². The van der Waals surface area contributed by atoms with E-state index >= 15 is 0 Å². The first-order valence-electron chi connectivity index (χ1n) is 13.0. The van der Waals surface area contributed by atoms with E-state index in [4.69, 9.17) is 5.41 Å². The standard InChI is InChI=1S/C34H25N3O2/c35-21-23(34(38)39)19-22-13-18-33-29(20-22)28-9-3-6-12-32(28)37(33)25-16-14-24(15-17-25)36-30-10-4-1-7-26(30)27-8-2-5-11-31(27)36/h1-8,10-21,28,35H,9H2,(H,38,39)/b23-19+,35-21?. The maximum Gasteiger partial charge on any atom is 0.337 e. The van der Waals surface area contributed by atoms with Gasteiger partial charge >= 0.3 is 5.97 Å². The van der Waals surface area contributed by atoms with Crippen molar-refractivity contribution < 1.29 is 9.90 Å². The van der Waals surface area contributed by atoms with Gasteiger partial charge in [0.25, 0.3) is 0 Å². The number of nitrogens with one attached hydrogen (secondary N) is 1. The molecule has 1 aliphatic heterocycles. The van der Waals surface area contributed by atoms with Crippen LogP contribution in [0.15, 0.2) is 120 Å². The average Bonchev–Trinajstić information content (AvgIpc) is 3.49. The Balaban J connectivity index is 1.32. The van der Waals surface area contributed by atoms with Gasteiger partial charge in [-0.15, -0.1) is 0 Å². The molecule has 1 atom stereocenters. The highest BCUT2D eigenvalue weighted by molar-refractivity contribution is 6.12. The largest absolute Gasteiger partial charge is 0.478 e. The number of anilines is 2. The van der Waals surface area contributed by atoms with E-state index in [-0.39, 0.29) is 11.5 Å². The van der Waals surface area contributed by atoms with Gasteiger partial charge in [0.2, 0.25) is 0 Å². The summed E-state index contributed by atoms with van der Waals surface area (Å²) in [5, 5.41) is 19.3. The third-order valence-corrected chi connectivity index (χ3v) is 7.73. The molecule has 5 heteroatoms. The molecule has 4 aromatic carbocycles. The summed E-state index contributed by atoms with van der Waals surface area (Å²) in [6.07, 6.45) is 9.78. The van der Waals surface area contributed by atoms with Crippen LogP contribution in [-0.2, 0) is 4.79 Å². The number of aromatic nitrogens is 1. The minimum atomic E-state index is -1.10. The first kappa shape index (κ1) is 23.0. The number of carboxylic acid groups (broad SMARTS) is 1. The van der Waals surface area contributed by atoms with Gasteiger partial charge in [-0.1, -0.05) is 54.6 Å². The molecule has 2 heterocycles. The molecule has 1 unspecified atom stereocenters. The third kappa shape index (κ3) is 3.62. The first-order valence-corrected chi connectivity index (χ1v) is 13.0. The van der Waals surface area contributed by atoms with Crippen LogP contribution in [-0.4, -0.2) is 21.9 Å². The van der Waals surface area contributed by atoms with Crippen molar-refractivity contribution in [1.29, 1.82) is 5.41 Å². The van der Waals surface area contributed by atoms with Gasteiger partial charge in [0.05, 0.1) is 16.6 Å². The van der Waals surface area contributed by atoms with Crippen molar-refractivity contribution in [2.45, 2.75) is 12.3 Å². The van der Waals surface area contributed by atoms with Crippen LogP contribution in [0.1, 0.15) is 23.5 Å². The highest BCUT2D eigenvalue weighted by Gasteiger charge is 2.35. The van der Waals surface area contributed by atoms with E-state index in [1.165, 1.54) is 33.1 Å². The van der Waals surface area contributed by atoms with Gasteiger partial charge in [0, 0.05) is 45.7 Å².